The molecule has 0 aliphatic heterocycles. The van der Waals surface area contributed by atoms with Crippen molar-refractivity contribution in [3.8, 4) is 11.3 Å². The van der Waals surface area contributed by atoms with E-state index in [1.165, 1.54) is 0 Å². The first-order valence-corrected chi connectivity index (χ1v) is 10.7. The van der Waals surface area contributed by atoms with E-state index in [-0.39, 0.29) is 12.3 Å². The Morgan fingerprint density at radius 1 is 1.17 bits per heavy atom. The van der Waals surface area contributed by atoms with E-state index in [0.717, 1.165) is 15.6 Å². The van der Waals surface area contributed by atoms with Crippen LogP contribution >= 0.6 is 23.1 Å². The van der Waals surface area contributed by atoms with Gasteiger partial charge in [0.2, 0.25) is 11.8 Å². The Morgan fingerprint density at radius 3 is 2.83 bits per heavy atom. The van der Waals surface area contributed by atoms with Crippen LogP contribution in [-0.2, 0) is 17.0 Å². The van der Waals surface area contributed by atoms with Crippen LogP contribution in [0, 0.1) is 6.92 Å². The number of hydrogen-bond acceptors (Lipinski definition) is 9. The van der Waals surface area contributed by atoms with Crippen molar-refractivity contribution in [1.82, 2.24) is 20.3 Å². The fourth-order valence-corrected chi connectivity index (χ4v) is 4.17. The average Bonchev–Trinajstić information content (AvgIpc) is 3.47. The number of nitrogens with one attached hydrogen (secondary N) is 1. The highest BCUT2D eigenvalue weighted by molar-refractivity contribution is 8.00. The molecule has 0 saturated carbocycles. The van der Waals surface area contributed by atoms with Crippen LogP contribution in [-0.4, -0.2) is 26.2 Å². The third-order valence-corrected chi connectivity index (χ3v) is 5.87. The summed E-state index contributed by atoms with van der Waals surface area (Å²) >= 11 is 3.14. The molecule has 148 valence electrons. The molecule has 0 fully saturated rings. The highest BCUT2D eigenvalue weighted by Gasteiger charge is 2.12. The fraction of sp³-hybridized carbons (Fsp3) is 0.211. The number of amides is 1. The van der Waals surface area contributed by atoms with Crippen molar-refractivity contribution in [1.29, 1.82) is 0 Å². The molecule has 4 rings (SSSR count). The van der Waals surface area contributed by atoms with Crippen LogP contribution in [0.5, 0.6) is 0 Å². The summed E-state index contributed by atoms with van der Waals surface area (Å²) in [4.78, 5) is 20.9. The van der Waals surface area contributed by atoms with Gasteiger partial charge < -0.3 is 14.4 Å². The predicted octanol–water partition coefficient (Wildman–Crippen LogP) is 4.35. The standard InChI is InChI=1S/C19H17N5O3S2/c1-12-9-15(23-26-12)21-17(25)7-8-18-22-16(24-27-18)11-29-19-20-14(10-28-19)13-5-3-2-4-6-13/h2-6,9-10H,7-8,11H2,1H3,(H,21,23,25). The van der Waals surface area contributed by atoms with Crippen molar-refractivity contribution >= 4 is 34.8 Å². The van der Waals surface area contributed by atoms with E-state index in [1.807, 2.05) is 35.7 Å². The van der Waals surface area contributed by atoms with Crippen LogP contribution in [0.15, 0.2) is 55.2 Å². The number of carbonyl (C=O) groups excluding carboxylic acids is 1. The Hall–Kier alpha value is -2.98. The summed E-state index contributed by atoms with van der Waals surface area (Å²) < 4.78 is 11.1. The number of carbonyl (C=O) groups is 1. The summed E-state index contributed by atoms with van der Waals surface area (Å²) in [5, 5.41) is 12.4. The van der Waals surface area contributed by atoms with E-state index in [4.69, 9.17) is 9.05 Å². The molecule has 0 aliphatic rings. The number of thiazole rings is 1. The van der Waals surface area contributed by atoms with Gasteiger partial charge in [0.1, 0.15) is 5.76 Å². The number of nitrogens with zero attached hydrogens (tertiary/aromatic N) is 4. The molecule has 0 spiro atoms. The minimum absolute atomic E-state index is 0.191. The van der Waals surface area contributed by atoms with E-state index in [0.29, 0.717) is 35.5 Å². The smallest absolute Gasteiger partial charge is 0.227 e. The molecular weight excluding hydrogens is 410 g/mol. The number of aromatic nitrogens is 4. The number of rotatable bonds is 8. The van der Waals surface area contributed by atoms with Crippen molar-refractivity contribution in [2.24, 2.45) is 0 Å². The second-order valence-corrected chi connectivity index (χ2v) is 8.21. The fourth-order valence-electron chi connectivity index (χ4n) is 2.49. The molecular formula is C19H17N5O3S2. The molecule has 3 heterocycles. The molecule has 0 atom stereocenters. The molecule has 0 unspecified atom stereocenters. The molecule has 0 aliphatic carbocycles. The predicted molar refractivity (Wildman–Crippen MR) is 110 cm³/mol. The van der Waals surface area contributed by atoms with Crippen LogP contribution in [0.25, 0.3) is 11.3 Å². The van der Waals surface area contributed by atoms with Gasteiger partial charge >= 0.3 is 0 Å². The van der Waals surface area contributed by atoms with Crippen molar-refractivity contribution in [3.05, 3.63) is 59.3 Å². The Balaban J connectivity index is 1.25. The van der Waals surface area contributed by atoms with Gasteiger partial charge in [-0.2, -0.15) is 4.98 Å². The lowest BCUT2D eigenvalue weighted by Gasteiger charge is -1.98. The van der Waals surface area contributed by atoms with Crippen molar-refractivity contribution in [2.45, 2.75) is 29.9 Å². The van der Waals surface area contributed by atoms with Gasteiger partial charge in [0.25, 0.3) is 0 Å². The lowest BCUT2D eigenvalue weighted by Crippen LogP contribution is -2.12. The van der Waals surface area contributed by atoms with E-state index in [1.54, 1.807) is 36.1 Å². The first-order valence-electron chi connectivity index (χ1n) is 8.84. The SMILES string of the molecule is Cc1cc(NC(=O)CCc2nc(CSc3nc(-c4ccccc4)cs3)no2)no1. The van der Waals surface area contributed by atoms with Gasteiger partial charge in [0.15, 0.2) is 16.0 Å². The van der Waals surface area contributed by atoms with E-state index in [2.05, 4.69) is 25.6 Å². The Bertz CT molecular complexity index is 1090. The summed E-state index contributed by atoms with van der Waals surface area (Å²) in [5.41, 5.74) is 2.05. The van der Waals surface area contributed by atoms with Gasteiger partial charge in [-0.3, -0.25) is 4.79 Å². The Kier molecular flexibility index (Phi) is 6.01. The lowest BCUT2D eigenvalue weighted by molar-refractivity contribution is -0.116. The topological polar surface area (TPSA) is 107 Å². The summed E-state index contributed by atoms with van der Waals surface area (Å²) in [7, 11) is 0. The normalized spacial score (nSPS) is 10.9. The number of aryl methyl sites for hydroxylation is 2. The van der Waals surface area contributed by atoms with Crippen LogP contribution in [0.4, 0.5) is 5.82 Å². The average molecular weight is 428 g/mol. The van der Waals surface area contributed by atoms with Gasteiger partial charge in [-0.05, 0) is 6.92 Å². The van der Waals surface area contributed by atoms with Crippen LogP contribution < -0.4 is 5.32 Å². The van der Waals surface area contributed by atoms with Gasteiger partial charge in [-0.25, -0.2) is 4.98 Å². The van der Waals surface area contributed by atoms with Crippen molar-refractivity contribution < 1.29 is 13.8 Å². The molecule has 29 heavy (non-hydrogen) atoms. The van der Waals surface area contributed by atoms with Crippen LogP contribution in [0.3, 0.4) is 0 Å². The Morgan fingerprint density at radius 2 is 2.03 bits per heavy atom. The zero-order valence-electron chi connectivity index (χ0n) is 15.5. The van der Waals surface area contributed by atoms with Crippen LogP contribution in [0.2, 0.25) is 0 Å². The zero-order chi connectivity index (χ0) is 20.1. The van der Waals surface area contributed by atoms with Crippen LogP contribution in [0.1, 0.15) is 23.9 Å². The maximum Gasteiger partial charge on any atom is 0.227 e. The molecule has 4 aromatic rings. The molecule has 0 radical (unpaired) electrons. The minimum Gasteiger partial charge on any atom is -0.360 e. The monoisotopic (exact) mass is 427 g/mol. The largest absolute Gasteiger partial charge is 0.360 e. The van der Waals surface area contributed by atoms with E-state index in [9.17, 15) is 4.79 Å². The molecule has 3 aromatic heterocycles. The summed E-state index contributed by atoms with van der Waals surface area (Å²) in [6.45, 7) is 1.76. The summed E-state index contributed by atoms with van der Waals surface area (Å²) in [5.74, 6) is 2.40. The third kappa shape index (κ3) is 5.30. The van der Waals surface area contributed by atoms with Gasteiger partial charge in [-0.1, -0.05) is 52.4 Å². The molecule has 1 N–H and O–H groups in total. The molecule has 0 bridgehead atoms. The first kappa shape index (κ1) is 19.3. The van der Waals surface area contributed by atoms with Crippen molar-refractivity contribution in [3.63, 3.8) is 0 Å². The second kappa shape index (κ2) is 9.01. The molecule has 1 aromatic carbocycles. The van der Waals surface area contributed by atoms with Gasteiger partial charge in [-0.15, -0.1) is 11.3 Å². The summed E-state index contributed by atoms with van der Waals surface area (Å²) in [6, 6.07) is 11.7. The Labute approximate surface area is 174 Å². The quantitative estimate of drug-likeness (QED) is 0.414. The lowest BCUT2D eigenvalue weighted by atomic mass is 10.2. The number of thioether (sulfide) groups is 1. The maximum absolute atomic E-state index is 11.9. The van der Waals surface area contributed by atoms with Crippen molar-refractivity contribution in [2.75, 3.05) is 5.32 Å². The third-order valence-electron chi connectivity index (χ3n) is 3.85. The molecule has 10 heteroatoms. The highest BCUT2D eigenvalue weighted by atomic mass is 32.2. The number of hydrogen-bond donors (Lipinski definition) is 1. The van der Waals surface area contributed by atoms with Gasteiger partial charge in [0.05, 0.1) is 11.4 Å². The molecule has 0 saturated heterocycles. The number of anilines is 1. The van der Waals surface area contributed by atoms with Gasteiger partial charge in [0, 0.05) is 29.9 Å². The van der Waals surface area contributed by atoms with E-state index >= 15 is 0 Å². The maximum atomic E-state index is 11.9. The first-order chi connectivity index (χ1) is 14.2. The second-order valence-electron chi connectivity index (χ2n) is 6.13. The number of benzene rings is 1. The van der Waals surface area contributed by atoms with E-state index < -0.39 is 0 Å². The summed E-state index contributed by atoms with van der Waals surface area (Å²) in [6.07, 6.45) is 0.573. The molecule has 1 amide bonds. The highest BCUT2D eigenvalue weighted by Crippen LogP contribution is 2.29. The minimum atomic E-state index is -0.191. The molecule has 8 nitrogen and oxygen atoms in total. The zero-order valence-corrected chi connectivity index (χ0v) is 17.1.